The highest BCUT2D eigenvalue weighted by atomic mass is 16.5. The second-order valence-electron chi connectivity index (χ2n) is 4.29. The van der Waals surface area contributed by atoms with Gasteiger partial charge in [0, 0.05) is 6.54 Å². The van der Waals surface area contributed by atoms with Gasteiger partial charge in [-0.15, -0.1) is 0 Å². The van der Waals surface area contributed by atoms with Crippen LogP contribution in [-0.2, 0) is 9.53 Å². The Morgan fingerprint density at radius 1 is 1.47 bits per heavy atom. The average Bonchev–Trinajstić information content (AvgIpc) is 2.11. The summed E-state index contributed by atoms with van der Waals surface area (Å²) in [6.07, 6.45) is 1.64. The molecule has 0 aliphatic carbocycles. The fraction of sp³-hybridized carbons (Fsp3) is 0.909. The molecule has 4 nitrogen and oxygen atoms in total. The largest absolute Gasteiger partial charge is 0.465 e. The molecule has 15 heavy (non-hydrogen) atoms. The standard InChI is InChI=1S/C11H23NO3/c1-5-7-9(10(13)15-6-2)12-8-11(3,4)14/h9,12,14H,5-8H2,1-4H3. The van der Waals surface area contributed by atoms with Gasteiger partial charge < -0.3 is 15.2 Å². The van der Waals surface area contributed by atoms with Crippen LogP contribution in [-0.4, -0.2) is 35.9 Å². The molecule has 0 radical (unpaired) electrons. The van der Waals surface area contributed by atoms with Crippen LogP contribution >= 0.6 is 0 Å². The summed E-state index contributed by atoms with van der Waals surface area (Å²) in [4.78, 5) is 11.5. The Morgan fingerprint density at radius 2 is 2.07 bits per heavy atom. The van der Waals surface area contributed by atoms with Gasteiger partial charge >= 0.3 is 5.97 Å². The van der Waals surface area contributed by atoms with Crippen LogP contribution in [0, 0.1) is 0 Å². The summed E-state index contributed by atoms with van der Waals surface area (Å²) in [5.74, 6) is -0.233. The second kappa shape index (κ2) is 6.80. The van der Waals surface area contributed by atoms with E-state index in [2.05, 4.69) is 5.32 Å². The van der Waals surface area contributed by atoms with Crippen molar-refractivity contribution in [3.8, 4) is 0 Å². The molecule has 0 bridgehead atoms. The van der Waals surface area contributed by atoms with E-state index in [0.717, 1.165) is 12.8 Å². The highest BCUT2D eigenvalue weighted by Crippen LogP contribution is 2.03. The maximum Gasteiger partial charge on any atom is 0.323 e. The molecule has 0 aromatic heterocycles. The quantitative estimate of drug-likeness (QED) is 0.626. The van der Waals surface area contributed by atoms with Crippen LogP contribution in [0.1, 0.15) is 40.5 Å². The third-order valence-electron chi connectivity index (χ3n) is 1.93. The molecule has 0 saturated heterocycles. The molecule has 0 heterocycles. The lowest BCUT2D eigenvalue weighted by Crippen LogP contribution is -2.45. The molecule has 0 aliphatic rings. The van der Waals surface area contributed by atoms with E-state index in [1.54, 1.807) is 20.8 Å². The van der Waals surface area contributed by atoms with Crippen LogP contribution in [0.4, 0.5) is 0 Å². The molecule has 90 valence electrons. The van der Waals surface area contributed by atoms with Gasteiger partial charge in [-0.3, -0.25) is 4.79 Å². The molecule has 0 fully saturated rings. The summed E-state index contributed by atoms with van der Waals surface area (Å²) < 4.78 is 4.94. The van der Waals surface area contributed by atoms with Gasteiger partial charge in [-0.2, -0.15) is 0 Å². The van der Waals surface area contributed by atoms with Crippen LogP contribution in [0.15, 0.2) is 0 Å². The Bertz CT molecular complexity index is 187. The number of esters is 1. The second-order valence-corrected chi connectivity index (χ2v) is 4.29. The first-order valence-electron chi connectivity index (χ1n) is 5.53. The zero-order valence-corrected chi connectivity index (χ0v) is 10.2. The molecule has 0 amide bonds. The van der Waals surface area contributed by atoms with E-state index < -0.39 is 5.60 Å². The summed E-state index contributed by atoms with van der Waals surface area (Å²) in [6, 6.07) is -0.304. The zero-order chi connectivity index (χ0) is 11.9. The van der Waals surface area contributed by atoms with E-state index in [9.17, 15) is 9.90 Å². The van der Waals surface area contributed by atoms with Gasteiger partial charge in [0.15, 0.2) is 0 Å². The van der Waals surface area contributed by atoms with E-state index in [1.165, 1.54) is 0 Å². The van der Waals surface area contributed by atoms with Gasteiger partial charge in [0.05, 0.1) is 12.2 Å². The molecular weight excluding hydrogens is 194 g/mol. The van der Waals surface area contributed by atoms with Crippen molar-refractivity contribution in [2.75, 3.05) is 13.2 Å². The molecule has 0 saturated carbocycles. The number of rotatable bonds is 7. The zero-order valence-electron chi connectivity index (χ0n) is 10.2. The van der Waals surface area contributed by atoms with E-state index in [4.69, 9.17) is 4.74 Å². The van der Waals surface area contributed by atoms with Crippen molar-refractivity contribution in [2.24, 2.45) is 0 Å². The third-order valence-corrected chi connectivity index (χ3v) is 1.93. The van der Waals surface area contributed by atoms with Crippen LogP contribution in [0.25, 0.3) is 0 Å². The molecule has 0 aromatic rings. The Hall–Kier alpha value is -0.610. The van der Waals surface area contributed by atoms with E-state index in [-0.39, 0.29) is 12.0 Å². The molecule has 0 rings (SSSR count). The van der Waals surface area contributed by atoms with Crippen molar-refractivity contribution < 1.29 is 14.6 Å². The Balaban J connectivity index is 4.09. The molecule has 0 spiro atoms. The Labute approximate surface area is 92.0 Å². The van der Waals surface area contributed by atoms with Crippen LogP contribution in [0.5, 0.6) is 0 Å². The van der Waals surface area contributed by atoms with Gasteiger partial charge in [-0.05, 0) is 27.2 Å². The van der Waals surface area contributed by atoms with E-state index in [1.807, 2.05) is 6.92 Å². The van der Waals surface area contributed by atoms with Gasteiger partial charge in [-0.25, -0.2) is 0 Å². The molecule has 0 aromatic carbocycles. The SMILES string of the molecule is CCCC(NCC(C)(C)O)C(=O)OCC. The smallest absolute Gasteiger partial charge is 0.323 e. The van der Waals surface area contributed by atoms with Crippen molar-refractivity contribution in [1.29, 1.82) is 0 Å². The Kier molecular flexibility index (Phi) is 6.52. The number of carbonyl (C=O) groups excluding carboxylic acids is 1. The van der Waals surface area contributed by atoms with Crippen molar-refractivity contribution in [3.63, 3.8) is 0 Å². The summed E-state index contributed by atoms with van der Waals surface area (Å²) in [5.41, 5.74) is -0.807. The number of aliphatic hydroxyl groups is 1. The fourth-order valence-electron chi connectivity index (χ4n) is 1.21. The predicted octanol–water partition coefficient (Wildman–Crippen LogP) is 1.08. The minimum absolute atomic E-state index is 0.233. The average molecular weight is 217 g/mol. The number of hydrogen-bond acceptors (Lipinski definition) is 4. The van der Waals surface area contributed by atoms with Crippen LogP contribution in [0.2, 0.25) is 0 Å². The van der Waals surface area contributed by atoms with Crippen LogP contribution in [0.3, 0.4) is 0 Å². The lowest BCUT2D eigenvalue weighted by Gasteiger charge is -2.22. The predicted molar refractivity (Wildman–Crippen MR) is 59.6 cm³/mol. The van der Waals surface area contributed by atoms with E-state index in [0.29, 0.717) is 13.2 Å². The molecule has 2 N–H and O–H groups in total. The number of carbonyl (C=O) groups is 1. The van der Waals surface area contributed by atoms with Crippen LogP contribution < -0.4 is 5.32 Å². The minimum atomic E-state index is -0.807. The monoisotopic (exact) mass is 217 g/mol. The van der Waals surface area contributed by atoms with Gasteiger partial charge in [0.25, 0.3) is 0 Å². The number of nitrogens with one attached hydrogen (secondary N) is 1. The maximum atomic E-state index is 11.5. The third kappa shape index (κ3) is 7.33. The first kappa shape index (κ1) is 14.4. The van der Waals surface area contributed by atoms with Crippen molar-refractivity contribution in [1.82, 2.24) is 5.32 Å². The maximum absolute atomic E-state index is 11.5. The molecule has 4 heteroatoms. The van der Waals surface area contributed by atoms with Crippen molar-refractivity contribution in [2.45, 2.75) is 52.2 Å². The molecule has 0 aliphatic heterocycles. The lowest BCUT2D eigenvalue weighted by atomic mass is 10.1. The summed E-state index contributed by atoms with van der Waals surface area (Å²) in [7, 11) is 0. The molecule has 1 unspecified atom stereocenters. The molecule has 1 atom stereocenters. The number of ether oxygens (including phenoxy) is 1. The first-order chi connectivity index (χ1) is 6.90. The first-order valence-corrected chi connectivity index (χ1v) is 5.53. The van der Waals surface area contributed by atoms with Crippen molar-refractivity contribution in [3.05, 3.63) is 0 Å². The summed E-state index contributed by atoms with van der Waals surface area (Å²) in [5, 5.41) is 12.6. The lowest BCUT2D eigenvalue weighted by molar-refractivity contribution is -0.146. The van der Waals surface area contributed by atoms with Gasteiger partial charge in [0.2, 0.25) is 0 Å². The summed E-state index contributed by atoms with van der Waals surface area (Å²) in [6.45, 7) is 7.98. The highest BCUT2D eigenvalue weighted by molar-refractivity contribution is 5.75. The van der Waals surface area contributed by atoms with E-state index >= 15 is 0 Å². The Morgan fingerprint density at radius 3 is 2.47 bits per heavy atom. The summed E-state index contributed by atoms with van der Waals surface area (Å²) >= 11 is 0. The van der Waals surface area contributed by atoms with Gasteiger partial charge in [0.1, 0.15) is 6.04 Å². The topological polar surface area (TPSA) is 58.6 Å². The fourth-order valence-corrected chi connectivity index (χ4v) is 1.21. The molecular formula is C11H23NO3. The highest BCUT2D eigenvalue weighted by Gasteiger charge is 2.21. The van der Waals surface area contributed by atoms with Gasteiger partial charge in [-0.1, -0.05) is 13.3 Å². The minimum Gasteiger partial charge on any atom is -0.465 e. The normalized spacial score (nSPS) is 13.7. The van der Waals surface area contributed by atoms with Crippen molar-refractivity contribution >= 4 is 5.97 Å². The number of hydrogen-bond donors (Lipinski definition) is 2.